The molecular weight excluding hydrogens is 391 g/mol. The largest absolute Gasteiger partial charge is 0.340 e. The van der Waals surface area contributed by atoms with E-state index >= 15 is 0 Å². The normalized spacial score (nSPS) is 17.4. The molecule has 1 fully saturated rings. The summed E-state index contributed by atoms with van der Waals surface area (Å²) in [5.41, 5.74) is 2.82. The summed E-state index contributed by atoms with van der Waals surface area (Å²) in [7, 11) is 0. The monoisotopic (exact) mass is 422 g/mol. The molecule has 0 unspecified atom stereocenters. The fourth-order valence-corrected chi connectivity index (χ4v) is 4.67. The van der Waals surface area contributed by atoms with Crippen LogP contribution in [0.2, 0.25) is 0 Å². The first-order chi connectivity index (χ1) is 15.0. The zero-order chi connectivity index (χ0) is 22.0. The van der Waals surface area contributed by atoms with Gasteiger partial charge in [-0.05, 0) is 76.6 Å². The molecule has 3 aromatic rings. The van der Waals surface area contributed by atoms with E-state index in [2.05, 4.69) is 23.3 Å². The van der Waals surface area contributed by atoms with Crippen molar-refractivity contribution in [1.29, 1.82) is 0 Å². The minimum atomic E-state index is -0.252. The molecule has 1 aliphatic heterocycles. The SMILES string of the molecule is CCN(C(=O)[C@H]1CCCN(Cc2nc3ccccc3n2-c2ccc(F)cc2)C1)C(C)C. The van der Waals surface area contributed by atoms with Gasteiger partial charge in [0.2, 0.25) is 5.91 Å². The van der Waals surface area contributed by atoms with Crippen LogP contribution in [-0.4, -0.2) is 50.9 Å². The number of amides is 1. The Hall–Kier alpha value is -2.73. The zero-order valence-corrected chi connectivity index (χ0v) is 18.6. The Morgan fingerprint density at radius 2 is 1.94 bits per heavy atom. The third-order valence-electron chi connectivity index (χ3n) is 6.18. The highest BCUT2D eigenvalue weighted by atomic mass is 19.1. The molecule has 2 aromatic carbocycles. The molecule has 1 amide bonds. The number of para-hydroxylation sites is 2. The lowest BCUT2D eigenvalue weighted by molar-refractivity contribution is -0.139. The van der Waals surface area contributed by atoms with Crippen LogP contribution in [0.25, 0.3) is 16.7 Å². The second-order valence-corrected chi connectivity index (χ2v) is 8.62. The number of carbonyl (C=O) groups is 1. The lowest BCUT2D eigenvalue weighted by atomic mass is 9.96. The van der Waals surface area contributed by atoms with Crippen molar-refractivity contribution in [1.82, 2.24) is 19.4 Å². The van der Waals surface area contributed by atoms with Crippen LogP contribution in [0.5, 0.6) is 0 Å². The van der Waals surface area contributed by atoms with E-state index in [0.29, 0.717) is 6.54 Å². The quantitative estimate of drug-likeness (QED) is 0.581. The number of rotatable bonds is 6. The smallest absolute Gasteiger partial charge is 0.227 e. The maximum Gasteiger partial charge on any atom is 0.227 e. The number of likely N-dealkylation sites (tertiary alicyclic amines) is 1. The minimum Gasteiger partial charge on any atom is -0.340 e. The number of aromatic nitrogens is 2. The number of benzene rings is 2. The Bertz CT molecular complexity index is 1040. The van der Waals surface area contributed by atoms with E-state index in [1.807, 2.05) is 36.1 Å². The van der Waals surface area contributed by atoms with Crippen molar-refractivity contribution in [2.45, 2.75) is 46.2 Å². The summed E-state index contributed by atoms with van der Waals surface area (Å²) in [6.45, 7) is 9.29. The highest BCUT2D eigenvalue weighted by molar-refractivity contribution is 5.79. The first kappa shape index (κ1) is 21.5. The van der Waals surface area contributed by atoms with Gasteiger partial charge in [0, 0.05) is 24.8 Å². The molecule has 0 N–H and O–H groups in total. The maximum atomic E-state index is 13.5. The van der Waals surface area contributed by atoms with Gasteiger partial charge < -0.3 is 4.90 Å². The number of carbonyl (C=O) groups excluding carboxylic acids is 1. The number of piperidine rings is 1. The van der Waals surface area contributed by atoms with Gasteiger partial charge in [0.25, 0.3) is 0 Å². The van der Waals surface area contributed by atoms with Crippen LogP contribution in [0, 0.1) is 11.7 Å². The Labute approximate surface area is 183 Å². The van der Waals surface area contributed by atoms with E-state index in [4.69, 9.17) is 4.98 Å². The Morgan fingerprint density at radius 3 is 2.65 bits per heavy atom. The van der Waals surface area contributed by atoms with Crippen LogP contribution < -0.4 is 0 Å². The fourth-order valence-electron chi connectivity index (χ4n) is 4.67. The molecule has 164 valence electrons. The molecule has 6 heteroatoms. The summed E-state index contributed by atoms with van der Waals surface area (Å²) in [5, 5.41) is 0. The number of hydrogen-bond acceptors (Lipinski definition) is 3. The van der Waals surface area contributed by atoms with Crippen molar-refractivity contribution in [3.63, 3.8) is 0 Å². The van der Waals surface area contributed by atoms with E-state index < -0.39 is 0 Å². The van der Waals surface area contributed by atoms with Gasteiger partial charge in [-0.1, -0.05) is 12.1 Å². The average molecular weight is 423 g/mol. The summed E-state index contributed by atoms with van der Waals surface area (Å²) in [6, 6.07) is 14.8. The van der Waals surface area contributed by atoms with Crippen molar-refractivity contribution >= 4 is 16.9 Å². The van der Waals surface area contributed by atoms with Gasteiger partial charge >= 0.3 is 0 Å². The first-order valence-electron chi connectivity index (χ1n) is 11.2. The van der Waals surface area contributed by atoms with Gasteiger partial charge in [-0.25, -0.2) is 9.37 Å². The standard InChI is InChI=1S/C25H31FN4O/c1-4-29(18(2)3)25(31)19-8-7-15-28(16-19)17-24-27-22-9-5-6-10-23(22)30(24)21-13-11-20(26)12-14-21/h5-6,9-14,18-19H,4,7-8,15-17H2,1-3H3/t19-/m0/s1. The third-order valence-corrected chi connectivity index (χ3v) is 6.18. The second kappa shape index (κ2) is 9.18. The molecule has 2 heterocycles. The molecule has 0 saturated carbocycles. The number of hydrogen-bond donors (Lipinski definition) is 0. The van der Waals surface area contributed by atoms with Gasteiger partial charge in [-0.15, -0.1) is 0 Å². The molecule has 1 saturated heterocycles. The molecule has 0 bridgehead atoms. The van der Waals surface area contributed by atoms with Crippen LogP contribution in [0.1, 0.15) is 39.4 Å². The summed E-state index contributed by atoms with van der Waals surface area (Å²) in [6.07, 6.45) is 1.94. The molecule has 5 nitrogen and oxygen atoms in total. The van der Waals surface area contributed by atoms with Crippen LogP contribution in [0.4, 0.5) is 4.39 Å². The third kappa shape index (κ3) is 4.49. The van der Waals surface area contributed by atoms with E-state index in [0.717, 1.165) is 55.0 Å². The number of nitrogens with zero attached hydrogens (tertiary/aromatic N) is 4. The molecular formula is C25H31FN4O. The predicted octanol–water partition coefficient (Wildman–Crippen LogP) is 4.63. The predicted molar refractivity (Wildman–Crippen MR) is 122 cm³/mol. The summed E-state index contributed by atoms with van der Waals surface area (Å²) in [4.78, 5) is 22.3. The Balaban J connectivity index is 1.60. The van der Waals surface area contributed by atoms with Crippen LogP contribution in [0.15, 0.2) is 48.5 Å². The molecule has 1 aliphatic rings. The van der Waals surface area contributed by atoms with Crippen LogP contribution in [0.3, 0.4) is 0 Å². The zero-order valence-electron chi connectivity index (χ0n) is 18.6. The van der Waals surface area contributed by atoms with Gasteiger partial charge in [0.15, 0.2) is 0 Å². The van der Waals surface area contributed by atoms with Gasteiger partial charge in [0.1, 0.15) is 11.6 Å². The van der Waals surface area contributed by atoms with Crippen molar-refractivity contribution in [3.05, 3.63) is 60.2 Å². The molecule has 1 atom stereocenters. The van der Waals surface area contributed by atoms with E-state index in [-0.39, 0.29) is 23.7 Å². The summed E-state index contributed by atoms with van der Waals surface area (Å²) < 4.78 is 15.6. The topological polar surface area (TPSA) is 41.4 Å². The minimum absolute atomic E-state index is 0.0275. The molecule has 0 aliphatic carbocycles. The Morgan fingerprint density at radius 1 is 1.19 bits per heavy atom. The highest BCUT2D eigenvalue weighted by Crippen LogP contribution is 2.26. The lowest BCUT2D eigenvalue weighted by Gasteiger charge is -2.36. The van der Waals surface area contributed by atoms with Crippen molar-refractivity contribution < 1.29 is 9.18 Å². The lowest BCUT2D eigenvalue weighted by Crippen LogP contribution is -2.46. The molecule has 0 radical (unpaired) electrons. The van der Waals surface area contributed by atoms with Crippen molar-refractivity contribution in [2.24, 2.45) is 5.92 Å². The van der Waals surface area contributed by atoms with E-state index in [1.165, 1.54) is 12.1 Å². The highest BCUT2D eigenvalue weighted by Gasteiger charge is 2.30. The van der Waals surface area contributed by atoms with Crippen molar-refractivity contribution in [2.75, 3.05) is 19.6 Å². The summed E-state index contributed by atoms with van der Waals surface area (Å²) >= 11 is 0. The Kier molecular flexibility index (Phi) is 6.37. The maximum absolute atomic E-state index is 13.5. The summed E-state index contributed by atoms with van der Waals surface area (Å²) in [5.74, 6) is 0.948. The fraction of sp³-hybridized carbons (Fsp3) is 0.440. The van der Waals surface area contributed by atoms with Crippen LogP contribution >= 0.6 is 0 Å². The number of fused-ring (bicyclic) bond motifs is 1. The van der Waals surface area contributed by atoms with E-state index in [9.17, 15) is 9.18 Å². The molecule has 1 aromatic heterocycles. The van der Waals surface area contributed by atoms with Crippen LogP contribution in [-0.2, 0) is 11.3 Å². The molecule has 4 rings (SSSR count). The molecule has 31 heavy (non-hydrogen) atoms. The van der Waals surface area contributed by atoms with Gasteiger partial charge in [-0.2, -0.15) is 0 Å². The van der Waals surface area contributed by atoms with E-state index in [1.54, 1.807) is 12.1 Å². The number of halogens is 1. The van der Waals surface area contributed by atoms with Crippen molar-refractivity contribution in [3.8, 4) is 5.69 Å². The van der Waals surface area contributed by atoms with Gasteiger partial charge in [0.05, 0.1) is 23.5 Å². The first-order valence-corrected chi connectivity index (χ1v) is 11.2. The second-order valence-electron chi connectivity index (χ2n) is 8.62. The average Bonchev–Trinajstić information content (AvgIpc) is 3.12. The molecule has 0 spiro atoms. The number of imidazole rings is 1. The van der Waals surface area contributed by atoms with Gasteiger partial charge in [-0.3, -0.25) is 14.3 Å².